The van der Waals surface area contributed by atoms with E-state index in [1.54, 1.807) is 6.92 Å². The molecule has 3 nitrogen and oxygen atoms in total. The molecule has 3 heteroatoms. The number of esters is 1. The minimum Gasteiger partial charge on any atom is -0.466 e. The summed E-state index contributed by atoms with van der Waals surface area (Å²) < 4.78 is 4.90. The highest BCUT2D eigenvalue weighted by atomic mass is 16.5. The second kappa shape index (κ2) is 6.32. The first-order valence-corrected chi connectivity index (χ1v) is 6.67. The zero-order valence-corrected chi connectivity index (χ0v) is 11.1. The van der Waals surface area contributed by atoms with Gasteiger partial charge in [0.05, 0.1) is 13.0 Å². The monoisotopic (exact) mass is 258 g/mol. The average molecular weight is 258 g/mol. The van der Waals surface area contributed by atoms with E-state index in [4.69, 9.17) is 4.74 Å². The van der Waals surface area contributed by atoms with Crippen LogP contribution in [0.1, 0.15) is 37.3 Å². The number of carbonyl (C=O) groups is 2. The van der Waals surface area contributed by atoms with Crippen LogP contribution in [0.2, 0.25) is 0 Å². The molecule has 0 spiro atoms. The number of benzene rings is 1. The highest BCUT2D eigenvalue weighted by Crippen LogP contribution is 2.23. The van der Waals surface area contributed by atoms with Crippen LogP contribution in [0.25, 0.3) is 6.08 Å². The van der Waals surface area contributed by atoms with Crippen molar-refractivity contribution in [3.8, 4) is 0 Å². The van der Waals surface area contributed by atoms with E-state index < -0.39 is 0 Å². The smallest absolute Gasteiger partial charge is 0.310 e. The summed E-state index contributed by atoms with van der Waals surface area (Å²) in [5.41, 5.74) is 2.86. The van der Waals surface area contributed by atoms with Gasteiger partial charge in [0.1, 0.15) is 0 Å². The highest BCUT2D eigenvalue weighted by molar-refractivity contribution is 6.01. The number of allylic oxidation sites excluding steroid dienone is 1. The van der Waals surface area contributed by atoms with Gasteiger partial charge in [-0.2, -0.15) is 0 Å². The SMILES string of the molecule is CCOC(=O)Cc1ccc(C=C2CCCC2=O)cc1. The maximum atomic E-state index is 11.5. The third kappa shape index (κ3) is 3.78. The lowest BCUT2D eigenvalue weighted by Crippen LogP contribution is -2.07. The zero-order chi connectivity index (χ0) is 13.7. The Morgan fingerprint density at radius 3 is 2.58 bits per heavy atom. The van der Waals surface area contributed by atoms with Crippen LogP contribution in [-0.4, -0.2) is 18.4 Å². The molecule has 0 heterocycles. The Morgan fingerprint density at radius 2 is 2.00 bits per heavy atom. The van der Waals surface area contributed by atoms with Crippen LogP contribution in [-0.2, 0) is 20.7 Å². The Kier molecular flexibility index (Phi) is 4.50. The number of carbonyl (C=O) groups excluding carboxylic acids is 2. The van der Waals surface area contributed by atoms with E-state index in [-0.39, 0.29) is 11.8 Å². The normalized spacial score (nSPS) is 16.9. The van der Waals surface area contributed by atoms with Gasteiger partial charge in [-0.1, -0.05) is 24.3 Å². The van der Waals surface area contributed by atoms with Gasteiger partial charge in [0.2, 0.25) is 0 Å². The molecule has 0 radical (unpaired) electrons. The Labute approximate surface area is 113 Å². The lowest BCUT2D eigenvalue weighted by Gasteiger charge is -2.03. The number of ketones is 1. The van der Waals surface area contributed by atoms with Crippen molar-refractivity contribution < 1.29 is 14.3 Å². The van der Waals surface area contributed by atoms with Crippen molar-refractivity contribution in [3.05, 3.63) is 41.0 Å². The molecule has 0 bridgehead atoms. The van der Waals surface area contributed by atoms with Crippen LogP contribution in [0, 0.1) is 0 Å². The van der Waals surface area contributed by atoms with E-state index in [0.717, 1.165) is 29.5 Å². The van der Waals surface area contributed by atoms with Crippen LogP contribution in [0.4, 0.5) is 0 Å². The fourth-order valence-corrected chi connectivity index (χ4v) is 2.20. The number of Topliss-reactive ketones (excluding diaryl/α,β-unsaturated/α-hetero) is 1. The van der Waals surface area contributed by atoms with Crippen molar-refractivity contribution >= 4 is 17.8 Å². The van der Waals surface area contributed by atoms with Crippen LogP contribution < -0.4 is 0 Å². The summed E-state index contributed by atoms with van der Waals surface area (Å²) >= 11 is 0. The third-order valence-corrected chi connectivity index (χ3v) is 3.18. The molecule has 1 aliphatic rings. The van der Waals surface area contributed by atoms with Crippen molar-refractivity contribution in [3.63, 3.8) is 0 Å². The number of ether oxygens (including phenoxy) is 1. The first-order valence-electron chi connectivity index (χ1n) is 6.67. The van der Waals surface area contributed by atoms with E-state index in [0.29, 0.717) is 19.4 Å². The van der Waals surface area contributed by atoms with Crippen LogP contribution >= 0.6 is 0 Å². The second-order valence-corrected chi connectivity index (χ2v) is 4.67. The van der Waals surface area contributed by atoms with Gasteiger partial charge in [-0.25, -0.2) is 0 Å². The Balaban J connectivity index is 2.02. The number of rotatable bonds is 4. The van der Waals surface area contributed by atoms with Crippen LogP contribution in [0.15, 0.2) is 29.8 Å². The lowest BCUT2D eigenvalue weighted by atomic mass is 10.1. The van der Waals surface area contributed by atoms with E-state index in [1.165, 1.54) is 0 Å². The highest BCUT2D eigenvalue weighted by Gasteiger charge is 2.16. The average Bonchev–Trinajstić information content (AvgIpc) is 2.78. The standard InChI is InChI=1S/C16H18O3/c1-2-19-16(18)11-13-8-6-12(7-9-13)10-14-4-3-5-15(14)17/h6-10H,2-5,11H2,1H3. The fourth-order valence-electron chi connectivity index (χ4n) is 2.20. The number of hydrogen-bond acceptors (Lipinski definition) is 3. The predicted octanol–water partition coefficient (Wildman–Crippen LogP) is 2.93. The zero-order valence-electron chi connectivity index (χ0n) is 11.1. The van der Waals surface area contributed by atoms with Gasteiger partial charge >= 0.3 is 5.97 Å². The summed E-state index contributed by atoms with van der Waals surface area (Å²) in [5, 5.41) is 0. The van der Waals surface area contributed by atoms with Crippen molar-refractivity contribution in [2.24, 2.45) is 0 Å². The van der Waals surface area contributed by atoms with Crippen molar-refractivity contribution in [1.29, 1.82) is 0 Å². The van der Waals surface area contributed by atoms with Crippen LogP contribution in [0.3, 0.4) is 0 Å². The van der Waals surface area contributed by atoms with Gasteiger partial charge in [-0.3, -0.25) is 9.59 Å². The van der Waals surface area contributed by atoms with Gasteiger partial charge in [0.15, 0.2) is 5.78 Å². The molecule has 1 saturated carbocycles. The molecule has 0 aliphatic heterocycles. The summed E-state index contributed by atoms with van der Waals surface area (Å²) in [6.07, 6.45) is 4.76. The third-order valence-electron chi connectivity index (χ3n) is 3.18. The quantitative estimate of drug-likeness (QED) is 0.616. The first-order chi connectivity index (χ1) is 9.19. The molecular formula is C16H18O3. The lowest BCUT2D eigenvalue weighted by molar-refractivity contribution is -0.142. The summed E-state index contributed by atoms with van der Waals surface area (Å²) in [6.45, 7) is 2.21. The van der Waals surface area contributed by atoms with Gasteiger partial charge in [0.25, 0.3) is 0 Å². The molecule has 19 heavy (non-hydrogen) atoms. The molecule has 100 valence electrons. The Hall–Kier alpha value is -1.90. The maximum Gasteiger partial charge on any atom is 0.310 e. The van der Waals surface area contributed by atoms with Crippen molar-refractivity contribution in [1.82, 2.24) is 0 Å². The summed E-state index contributed by atoms with van der Waals surface area (Å²) in [5.74, 6) is 0.0511. The maximum absolute atomic E-state index is 11.5. The van der Waals surface area contributed by atoms with Gasteiger partial charge in [-0.05, 0) is 42.5 Å². The summed E-state index contributed by atoms with van der Waals surface area (Å²) in [6, 6.07) is 7.69. The Bertz CT molecular complexity index is 497. The molecule has 1 aromatic rings. The molecule has 0 atom stereocenters. The minimum atomic E-state index is -0.209. The Morgan fingerprint density at radius 1 is 1.26 bits per heavy atom. The summed E-state index contributed by atoms with van der Waals surface area (Å²) in [7, 11) is 0. The molecule has 0 N–H and O–H groups in total. The summed E-state index contributed by atoms with van der Waals surface area (Å²) in [4.78, 5) is 22.9. The molecular weight excluding hydrogens is 240 g/mol. The van der Waals surface area contributed by atoms with Crippen molar-refractivity contribution in [2.75, 3.05) is 6.61 Å². The molecule has 0 amide bonds. The molecule has 0 aromatic heterocycles. The molecule has 2 rings (SSSR count). The molecule has 1 aliphatic carbocycles. The molecule has 1 aromatic carbocycles. The van der Waals surface area contributed by atoms with Gasteiger partial charge < -0.3 is 4.74 Å². The number of hydrogen-bond donors (Lipinski definition) is 0. The molecule has 0 saturated heterocycles. The largest absolute Gasteiger partial charge is 0.466 e. The van der Waals surface area contributed by atoms with E-state index >= 15 is 0 Å². The van der Waals surface area contributed by atoms with Crippen LogP contribution in [0.5, 0.6) is 0 Å². The topological polar surface area (TPSA) is 43.4 Å². The van der Waals surface area contributed by atoms with Gasteiger partial charge in [0, 0.05) is 6.42 Å². The van der Waals surface area contributed by atoms with Crippen molar-refractivity contribution in [2.45, 2.75) is 32.6 Å². The minimum absolute atomic E-state index is 0.209. The molecule has 1 fully saturated rings. The van der Waals surface area contributed by atoms with E-state index in [1.807, 2.05) is 30.3 Å². The van der Waals surface area contributed by atoms with E-state index in [2.05, 4.69) is 0 Å². The predicted molar refractivity (Wildman–Crippen MR) is 73.6 cm³/mol. The van der Waals surface area contributed by atoms with E-state index in [9.17, 15) is 9.59 Å². The fraction of sp³-hybridized carbons (Fsp3) is 0.375. The first kappa shape index (κ1) is 13.5. The second-order valence-electron chi connectivity index (χ2n) is 4.67. The van der Waals surface area contributed by atoms with Gasteiger partial charge in [-0.15, -0.1) is 0 Å². The molecule has 0 unspecified atom stereocenters.